The van der Waals surface area contributed by atoms with Crippen LogP contribution in [0.2, 0.25) is 0 Å². The number of benzene rings is 2. The standard InChI is InChI=1S/C23H26FN5O4S/c1-26-34(31,32)19-4-5-22(28-10-12-33-13-11-28)20(15-19)23(30)29-8-6-27(7-9-29)18-3-2-17(16-25)21(24)14-18/h2-5,14-15,26H,6-13H2,1H3. The molecule has 2 fully saturated rings. The maximum atomic E-state index is 14.0. The van der Waals surface area contributed by atoms with Crippen LogP contribution in [0, 0.1) is 17.1 Å². The van der Waals surface area contributed by atoms with E-state index in [4.69, 9.17) is 10.00 Å². The molecule has 2 aromatic carbocycles. The second kappa shape index (κ2) is 9.97. The first-order chi connectivity index (χ1) is 16.3. The van der Waals surface area contributed by atoms with E-state index in [1.807, 2.05) is 15.9 Å². The van der Waals surface area contributed by atoms with Crippen molar-refractivity contribution < 1.29 is 22.3 Å². The molecule has 180 valence electrons. The molecular weight excluding hydrogens is 461 g/mol. The zero-order valence-electron chi connectivity index (χ0n) is 18.8. The Morgan fingerprint density at radius 2 is 1.74 bits per heavy atom. The molecule has 1 N–H and O–H groups in total. The highest BCUT2D eigenvalue weighted by Gasteiger charge is 2.28. The summed E-state index contributed by atoms with van der Waals surface area (Å²) in [6, 6.07) is 10.9. The van der Waals surface area contributed by atoms with Gasteiger partial charge in [-0.05, 0) is 43.4 Å². The number of nitriles is 1. The molecule has 0 unspecified atom stereocenters. The highest BCUT2D eigenvalue weighted by Crippen LogP contribution is 2.28. The van der Waals surface area contributed by atoms with Crippen LogP contribution in [0.3, 0.4) is 0 Å². The van der Waals surface area contributed by atoms with Gasteiger partial charge < -0.3 is 19.4 Å². The second-order valence-corrected chi connectivity index (χ2v) is 9.93. The molecule has 2 heterocycles. The quantitative estimate of drug-likeness (QED) is 0.680. The molecule has 2 aliphatic rings. The van der Waals surface area contributed by atoms with Crippen molar-refractivity contribution in [2.24, 2.45) is 0 Å². The van der Waals surface area contributed by atoms with E-state index in [1.165, 1.54) is 31.3 Å². The number of ether oxygens (including phenoxy) is 1. The Kier molecular flexibility index (Phi) is 7.02. The van der Waals surface area contributed by atoms with Gasteiger partial charge in [-0.2, -0.15) is 5.26 Å². The van der Waals surface area contributed by atoms with Crippen LogP contribution in [0.4, 0.5) is 15.8 Å². The number of amides is 1. The first kappa shape index (κ1) is 23.9. The topological polar surface area (TPSA) is 106 Å². The van der Waals surface area contributed by atoms with E-state index in [0.29, 0.717) is 69.4 Å². The first-order valence-corrected chi connectivity index (χ1v) is 12.5. The molecular formula is C23H26FN5O4S. The zero-order chi connectivity index (χ0) is 24.3. The Hall–Kier alpha value is -3.20. The summed E-state index contributed by atoms with van der Waals surface area (Å²) in [5.74, 6) is -0.823. The molecule has 2 saturated heterocycles. The van der Waals surface area contributed by atoms with E-state index in [2.05, 4.69) is 4.72 Å². The number of nitrogens with one attached hydrogen (secondary N) is 1. The zero-order valence-corrected chi connectivity index (χ0v) is 19.6. The van der Waals surface area contributed by atoms with Crippen LogP contribution in [0.5, 0.6) is 0 Å². The maximum Gasteiger partial charge on any atom is 0.256 e. The number of carbonyl (C=O) groups is 1. The van der Waals surface area contributed by atoms with Gasteiger partial charge in [-0.25, -0.2) is 17.5 Å². The number of halogens is 1. The van der Waals surface area contributed by atoms with E-state index in [-0.39, 0.29) is 16.4 Å². The van der Waals surface area contributed by atoms with Crippen LogP contribution in [-0.4, -0.2) is 78.8 Å². The van der Waals surface area contributed by atoms with E-state index in [1.54, 1.807) is 17.0 Å². The van der Waals surface area contributed by atoms with E-state index >= 15 is 0 Å². The predicted molar refractivity (Wildman–Crippen MR) is 125 cm³/mol. The number of rotatable bonds is 5. The maximum absolute atomic E-state index is 14.0. The predicted octanol–water partition coefficient (Wildman–Crippen LogP) is 1.40. The van der Waals surface area contributed by atoms with Gasteiger partial charge in [0.25, 0.3) is 5.91 Å². The van der Waals surface area contributed by atoms with Crippen molar-refractivity contribution in [3.8, 4) is 6.07 Å². The molecule has 0 aliphatic carbocycles. The first-order valence-electron chi connectivity index (χ1n) is 11.0. The van der Waals surface area contributed by atoms with E-state index < -0.39 is 15.8 Å². The number of hydrogen-bond acceptors (Lipinski definition) is 7. The van der Waals surface area contributed by atoms with Gasteiger partial charge in [0.1, 0.15) is 11.9 Å². The van der Waals surface area contributed by atoms with Crippen LogP contribution in [0.25, 0.3) is 0 Å². The molecule has 11 heteroatoms. The third kappa shape index (κ3) is 4.84. The van der Waals surface area contributed by atoms with Crippen molar-refractivity contribution in [2.45, 2.75) is 4.90 Å². The molecule has 2 aromatic rings. The lowest BCUT2D eigenvalue weighted by atomic mass is 10.1. The molecule has 0 saturated carbocycles. The van der Waals surface area contributed by atoms with Crippen molar-refractivity contribution in [1.82, 2.24) is 9.62 Å². The normalized spacial score (nSPS) is 16.9. The summed E-state index contributed by atoms with van der Waals surface area (Å²) in [7, 11) is -2.39. The number of nitrogens with zero attached hydrogens (tertiary/aromatic N) is 4. The average Bonchev–Trinajstić information content (AvgIpc) is 2.88. The minimum atomic E-state index is -3.72. The highest BCUT2D eigenvalue weighted by atomic mass is 32.2. The largest absolute Gasteiger partial charge is 0.378 e. The Bertz CT molecular complexity index is 1220. The van der Waals surface area contributed by atoms with Crippen molar-refractivity contribution in [1.29, 1.82) is 5.26 Å². The number of anilines is 2. The Balaban J connectivity index is 1.56. The fourth-order valence-corrected chi connectivity index (χ4v) is 4.94. The third-order valence-corrected chi connectivity index (χ3v) is 7.55. The van der Waals surface area contributed by atoms with Crippen LogP contribution in [0.1, 0.15) is 15.9 Å². The summed E-state index contributed by atoms with van der Waals surface area (Å²) >= 11 is 0. The van der Waals surface area contributed by atoms with Gasteiger partial charge in [0.15, 0.2) is 0 Å². The van der Waals surface area contributed by atoms with Crippen LogP contribution in [-0.2, 0) is 14.8 Å². The summed E-state index contributed by atoms with van der Waals surface area (Å²) in [6.45, 7) is 4.04. The van der Waals surface area contributed by atoms with Gasteiger partial charge in [0.05, 0.1) is 29.2 Å². The fourth-order valence-electron chi connectivity index (χ4n) is 4.18. The molecule has 2 aliphatic heterocycles. The van der Waals surface area contributed by atoms with Crippen LogP contribution < -0.4 is 14.5 Å². The lowest BCUT2D eigenvalue weighted by Gasteiger charge is -2.37. The number of sulfonamides is 1. The summed E-state index contributed by atoms with van der Waals surface area (Å²) in [5.41, 5.74) is 1.65. The van der Waals surface area contributed by atoms with Gasteiger partial charge in [-0.3, -0.25) is 4.79 Å². The molecule has 1 amide bonds. The molecule has 34 heavy (non-hydrogen) atoms. The van der Waals surface area contributed by atoms with Gasteiger partial charge in [0.2, 0.25) is 10.0 Å². The molecule has 0 spiro atoms. The number of morpholine rings is 1. The number of carbonyl (C=O) groups excluding carboxylic acids is 1. The molecule has 9 nitrogen and oxygen atoms in total. The van der Waals surface area contributed by atoms with E-state index in [9.17, 15) is 17.6 Å². The minimum absolute atomic E-state index is 0.00962. The molecule has 0 atom stereocenters. The van der Waals surface area contributed by atoms with Crippen molar-refractivity contribution in [3.05, 3.63) is 53.3 Å². The Labute approximate surface area is 198 Å². The van der Waals surface area contributed by atoms with Crippen molar-refractivity contribution >= 4 is 27.3 Å². The van der Waals surface area contributed by atoms with Gasteiger partial charge >= 0.3 is 0 Å². The third-order valence-electron chi connectivity index (χ3n) is 6.13. The van der Waals surface area contributed by atoms with E-state index in [0.717, 1.165) is 0 Å². The Morgan fingerprint density at radius 1 is 1.03 bits per heavy atom. The summed E-state index contributed by atoms with van der Waals surface area (Å²) in [4.78, 5) is 19.3. The fraction of sp³-hybridized carbons (Fsp3) is 0.391. The van der Waals surface area contributed by atoms with Crippen LogP contribution in [0.15, 0.2) is 41.3 Å². The van der Waals surface area contributed by atoms with Gasteiger partial charge in [0, 0.05) is 50.6 Å². The lowest BCUT2D eigenvalue weighted by Crippen LogP contribution is -2.49. The second-order valence-electron chi connectivity index (χ2n) is 8.04. The summed E-state index contributed by atoms with van der Waals surface area (Å²) in [6.07, 6.45) is 0. The van der Waals surface area contributed by atoms with Gasteiger partial charge in [-0.15, -0.1) is 0 Å². The number of piperazine rings is 1. The van der Waals surface area contributed by atoms with Crippen molar-refractivity contribution in [3.63, 3.8) is 0 Å². The molecule has 4 rings (SSSR count). The van der Waals surface area contributed by atoms with Crippen LogP contribution >= 0.6 is 0 Å². The SMILES string of the molecule is CNS(=O)(=O)c1ccc(N2CCOCC2)c(C(=O)N2CCN(c3ccc(C#N)c(F)c3)CC2)c1. The minimum Gasteiger partial charge on any atom is -0.378 e. The summed E-state index contributed by atoms with van der Waals surface area (Å²) < 4.78 is 46.5. The Morgan fingerprint density at radius 3 is 2.35 bits per heavy atom. The number of hydrogen-bond donors (Lipinski definition) is 1. The molecule has 0 radical (unpaired) electrons. The molecule has 0 bridgehead atoms. The highest BCUT2D eigenvalue weighted by molar-refractivity contribution is 7.89. The average molecular weight is 488 g/mol. The van der Waals surface area contributed by atoms with Crippen molar-refractivity contribution in [2.75, 3.05) is 69.3 Å². The smallest absolute Gasteiger partial charge is 0.256 e. The van der Waals surface area contributed by atoms with Gasteiger partial charge in [-0.1, -0.05) is 0 Å². The molecule has 0 aromatic heterocycles. The lowest BCUT2D eigenvalue weighted by molar-refractivity contribution is 0.0746. The monoisotopic (exact) mass is 487 g/mol. The summed E-state index contributed by atoms with van der Waals surface area (Å²) in [5, 5.41) is 8.93.